The first-order valence-corrected chi connectivity index (χ1v) is 11.8. The minimum Gasteiger partial charge on any atom is -0.619 e. The Hall–Kier alpha value is -3.93. The summed E-state index contributed by atoms with van der Waals surface area (Å²) in [5, 5.41) is 13.3. The number of fused-ring (bicyclic) bond motifs is 1. The molecule has 1 saturated heterocycles. The van der Waals surface area contributed by atoms with E-state index in [1.807, 2.05) is 47.4 Å². The summed E-state index contributed by atoms with van der Waals surface area (Å²) in [5.41, 5.74) is 10.4. The third kappa shape index (κ3) is 4.71. The van der Waals surface area contributed by atoms with Crippen LogP contribution in [0, 0.1) is 5.21 Å². The van der Waals surface area contributed by atoms with Crippen LogP contribution >= 0.6 is 0 Å². The van der Waals surface area contributed by atoms with E-state index in [0.29, 0.717) is 11.7 Å². The number of aromatic nitrogens is 2. The molecule has 2 N–H and O–H groups in total. The lowest BCUT2D eigenvalue weighted by Crippen LogP contribution is -2.37. The van der Waals surface area contributed by atoms with E-state index in [1.54, 1.807) is 6.20 Å². The molecule has 172 valence electrons. The van der Waals surface area contributed by atoms with Gasteiger partial charge in [0.2, 0.25) is 0 Å². The summed E-state index contributed by atoms with van der Waals surface area (Å²) in [6.45, 7) is 1.50. The Kier molecular flexibility index (Phi) is 6.12. The summed E-state index contributed by atoms with van der Waals surface area (Å²) in [6.07, 6.45) is 8.39. The quantitative estimate of drug-likeness (QED) is 0.362. The number of nitrogens with zero attached hydrogens (tertiary/aromatic N) is 3. The van der Waals surface area contributed by atoms with Crippen LogP contribution in [-0.4, -0.2) is 28.9 Å². The van der Waals surface area contributed by atoms with Crippen molar-refractivity contribution in [2.45, 2.75) is 31.6 Å². The van der Waals surface area contributed by atoms with Gasteiger partial charge in [-0.3, -0.25) is 4.79 Å². The molecule has 0 unspecified atom stereocenters. The number of aryl methyl sites for hydroxylation is 2. The van der Waals surface area contributed by atoms with Crippen molar-refractivity contribution in [3.8, 4) is 0 Å². The molecule has 2 aromatic carbocycles. The summed E-state index contributed by atoms with van der Waals surface area (Å²) in [6, 6.07) is 20.0. The van der Waals surface area contributed by atoms with Gasteiger partial charge in [-0.25, -0.2) is 4.98 Å². The molecule has 1 aliphatic heterocycles. The average molecular weight is 453 g/mol. The van der Waals surface area contributed by atoms with Crippen molar-refractivity contribution in [3.63, 3.8) is 0 Å². The van der Waals surface area contributed by atoms with Crippen molar-refractivity contribution >= 4 is 22.5 Å². The van der Waals surface area contributed by atoms with E-state index in [1.165, 1.54) is 23.5 Å². The molecule has 0 atom stereocenters. The zero-order valence-electron chi connectivity index (χ0n) is 19.1. The van der Waals surface area contributed by atoms with E-state index in [9.17, 15) is 10.0 Å². The van der Waals surface area contributed by atoms with Gasteiger partial charge in [0.1, 0.15) is 5.82 Å². The number of piperidine rings is 1. The maximum Gasteiger partial charge on any atom is 0.253 e. The van der Waals surface area contributed by atoms with Crippen molar-refractivity contribution in [2.24, 2.45) is 0 Å². The molecule has 0 bridgehead atoms. The summed E-state index contributed by atoms with van der Waals surface area (Å²) in [5.74, 6) is 1.08. The van der Waals surface area contributed by atoms with Crippen LogP contribution in [-0.2, 0) is 12.8 Å². The van der Waals surface area contributed by atoms with Crippen LogP contribution in [0.2, 0.25) is 0 Å². The second-order valence-electron chi connectivity index (χ2n) is 9.01. The number of amides is 1. The van der Waals surface area contributed by atoms with Gasteiger partial charge in [-0.2, -0.15) is 4.73 Å². The molecule has 2 aromatic heterocycles. The van der Waals surface area contributed by atoms with E-state index in [0.717, 1.165) is 65.4 Å². The molecule has 6 heteroatoms. The molecule has 34 heavy (non-hydrogen) atoms. The molecule has 3 heterocycles. The molecule has 0 saturated carbocycles. The van der Waals surface area contributed by atoms with Gasteiger partial charge in [0, 0.05) is 42.4 Å². The predicted octanol–water partition coefficient (Wildman–Crippen LogP) is 4.26. The van der Waals surface area contributed by atoms with Gasteiger partial charge < -0.3 is 15.8 Å². The van der Waals surface area contributed by atoms with Crippen LogP contribution in [0.1, 0.15) is 45.8 Å². The standard InChI is InChI=1S/C28H28N4O2/c29-27-26-19-25(8-7-23(26)9-14-30-27)22-12-15-31(16-13-22)28(33)24-5-3-20(4-6-24)1-2-21-10-17-32(34)18-11-21/h3-11,14,17-19,22H,1-2,12-13,15-16H2,(H2,29,30). The first-order valence-electron chi connectivity index (χ1n) is 11.8. The van der Waals surface area contributed by atoms with Gasteiger partial charge >= 0.3 is 0 Å². The molecule has 1 fully saturated rings. The average Bonchev–Trinajstić information content (AvgIpc) is 2.88. The van der Waals surface area contributed by atoms with Crippen LogP contribution in [0.5, 0.6) is 0 Å². The van der Waals surface area contributed by atoms with Crippen molar-refractivity contribution in [1.82, 2.24) is 9.88 Å². The Labute approximate surface area is 199 Å². The Bertz CT molecular complexity index is 1290. The normalized spacial score (nSPS) is 14.4. The molecule has 0 aliphatic carbocycles. The molecule has 4 aromatic rings. The third-order valence-electron chi connectivity index (χ3n) is 6.85. The molecule has 1 aliphatic rings. The second-order valence-corrected chi connectivity index (χ2v) is 9.01. The van der Waals surface area contributed by atoms with Gasteiger partial charge in [-0.15, -0.1) is 0 Å². The number of hydrogen-bond donors (Lipinski definition) is 1. The molecule has 0 spiro atoms. The summed E-state index contributed by atoms with van der Waals surface area (Å²) in [7, 11) is 0. The fourth-order valence-corrected chi connectivity index (χ4v) is 4.77. The van der Waals surface area contributed by atoms with Crippen molar-refractivity contribution in [3.05, 3.63) is 107 Å². The highest BCUT2D eigenvalue weighted by atomic mass is 16.5. The van der Waals surface area contributed by atoms with Crippen LogP contribution in [0.15, 0.2) is 79.3 Å². The van der Waals surface area contributed by atoms with Crippen molar-refractivity contribution in [1.29, 1.82) is 0 Å². The zero-order chi connectivity index (χ0) is 23.5. The van der Waals surface area contributed by atoms with Crippen LogP contribution in [0.4, 0.5) is 5.82 Å². The summed E-state index contributed by atoms with van der Waals surface area (Å²) >= 11 is 0. The number of pyridine rings is 2. The topological polar surface area (TPSA) is 86.2 Å². The lowest BCUT2D eigenvalue weighted by molar-refractivity contribution is -0.605. The number of nitrogens with two attached hydrogens (primary N) is 1. The van der Waals surface area contributed by atoms with Gasteiger partial charge in [-0.1, -0.05) is 24.3 Å². The molecule has 0 radical (unpaired) electrons. The van der Waals surface area contributed by atoms with E-state index < -0.39 is 0 Å². The SMILES string of the molecule is Nc1nccc2ccc(C3CCN(C(=O)c4ccc(CCc5cc[n+]([O-])cc5)cc4)CC3)cc12. The first kappa shape index (κ1) is 21.9. The maximum absolute atomic E-state index is 13.1. The lowest BCUT2D eigenvalue weighted by atomic mass is 9.88. The first-order chi connectivity index (χ1) is 16.6. The third-order valence-corrected chi connectivity index (χ3v) is 6.85. The molecular weight excluding hydrogens is 424 g/mol. The minimum absolute atomic E-state index is 0.0972. The number of nitrogen functional groups attached to an aromatic ring is 1. The Morgan fingerprint density at radius 2 is 1.65 bits per heavy atom. The number of rotatable bonds is 5. The predicted molar refractivity (Wildman–Crippen MR) is 133 cm³/mol. The van der Waals surface area contributed by atoms with E-state index >= 15 is 0 Å². The molecule has 6 nitrogen and oxygen atoms in total. The van der Waals surface area contributed by atoms with E-state index in [2.05, 4.69) is 23.2 Å². The highest BCUT2D eigenvalue weighted by Gasteiger charge is 2.25. The zero-order valence-corrected chi connectivity index (χ0v) is 19.1. The number of hydrogen-bond acceptors (Lipinski definition) is 4. The highest BCUT2D eigenvalue weighted by molar-refractivity contribution is 5.94. The Morgan fingerprint density at radius 1 is 0.971 bits per heavy atom. The number of benzene rings is 2. The van der Waals surface area contributed by atoms with Crippen LogP contribution in [0.3, 0.4) is 0 Å². The van der Waals surface area contributed by atoms with Gasteiger partial charge in [0.15, 0.2) is 12.4 Å². The second kappa shape index (κ2) is 9.51. The molecule has 1 amide bonds. The Balaban J connectivity index is 1.18. The Morgan fingerprint density at radius 3 is 2.35 bits per heavy atom. The number of anilines is 1. The number of likely N-dealkylation sites (tertiary alicyclic amines) is 1. The number of carbonyl (C=O) groups excluding carboxylic acids is 1. The van der Waals surface area contributed by atoms with Gasteiger partial charge in [-0.05, 0) is 77.9 Å². The fraction of sp³-hybridized carbons (Fsp3) is 0.250. The lowest BCUT2D eigenvalue weighted by Gasteiger charge is -2.32. The van der Waals surface area contributed by atoms with Gasteiger partial charge in [0.25, 0.3) is 5.91 Å². The smallest absolute Gasteiger partial charge is 0.253 e. The molecule has 5 rings (SSSR count). The van der Waals surface area contributed by atoms with E-state index in [-0.39, 0.29) is 5.91 Å². The largest absolute Gasteiger partial charge is 0.619 e. The monoisotopic (exact) mass is 452 g/mol. The van der Waals surface area contributed by atoms with Gasteiger partial charge in [0.05, 0.1) is 0 Å². The fourth-order valence-electron chi connectivity index (χ4n) is 4.77. The molecular formula is C28H28N4O2. The minimum atomic E-state index is 0.0972. The summed E-state index contributed by atoms with van der Waals surface area (Å²) in [4.78, 5) is 19.2. The van der Waals surface area contributed by atoms with Crippen molar-refractivity contribution in [2.75, 3.05) is 18.8 Å². The number of carbonyl (C=O) groups is 1. The highest BCUT2D eigenvalue weighted by Crippen LogP contribution is 2.31. The van der Waals surface area contributed by atoms with Crippen LogP contribution < -0.4 is 10.5 Å². The van der Waals surface area contributed by atoms with E-state index in [4.69, 9.17) is 5.73 Å². The maximum atomic E-state index is 13.1. The van der Waals surface area contributed by atoms with Crippen molar-refractivity contribution < 1.29 is 9.52 Å². The van der Waals surface area contributed by atoms with Crippen LogP contribution in [0.25, 0.3) is 10.8 Å². The summed E-state index contributed by atoms with van der Waals surface area (Å²) < 4.78 is 0.794.